The van der Waals surface area contributed by atoms with Crippen molar-refractivity contribution in [2.75, 3.05) is 32.8 Å². The second-order valence-electron chi connectivity index (χ2n) is 7.58. The van der Waals surface area contributed by atoms with E-state index in [0.29, 0.717) is 64.2 Å². The van der Waals surface area contributed by atoms with Crippen LogP contribution in [0.4, 0.5) is 0 Å². The number of ether oxygens (including phenoxy) is 1. The quantitative estimate of drug-likeness (QED) is 0.739. The van der Waals surface area contributed by atoms with E-state index in [4.69, 9.17) is 10.5 Å². The number of rotatable bonds is 6. The first kappa shape index (κ1) is 21.6. The molecule has 1 aromatic rings. The Hall–Kier alpha value is -2.13. The second kappa shape index (κ2) is 9.13. The van der Waals surface area contributed by atoms with Crippen molar-refractivity contribution in [2.24, 2.45) is 17.6 Å². The number of benzene rings is 1. The molecule has 2 aliphatic rings. The minimum Gasteiger partial charge on any atom is -0.494 e. The number of hydrogen-bond acceptors (Lipinski definition) is 5. The molecule has 0 aliphatic carbocycles. The largest absolute Gasteiger partial charge is 0.494 e. The van der Waals surface area contributed by atoms with Crippen LogP contribution in [-0.2, 0) is 19.6 Å². The lowest BCUT2D eigenvalue weighted by Gasteiger charge is -2.36. The number of amides is 2. The summed E-state index contributed by atoms with van der Waals surface area (Å²) in [6.07, 6.45) is 2.22. The first-order valence-corrected chi connectivity index (χ1v) is 11.6. The molecule has 0 radical (unpaired) electrons. The third-order valence-electron chi connectivity index (χ3n) is 5.78. The van der Waals surface area contributed by atoms with E-state index in [9.17, 15) is 18.0 Å². The summed E-state index contributed by atoms with van der Waals surface area (Å²) in [7, 11) is -3.58. The average Bonchev–Trinajstić information content (AvgIpc) is 2.74. The Balaban J connectivity index is 1.55. The van der Waals surface area contributed by atoms with Crippen molar-refractivity contribution in [3.8, 4) is 5.75 Å². The van der Waals surface area contributed by atoms with E-state index in [-0.39, 0.29) is 28.5 Å². The Bertz CT molecular complexity index is 824. The van der Waals surface area contributed by atoms with Crippen molar-refractivity contribution in [1.29, 1.82) is 0 Å². The molecule has 0 atom stereocenters. The lowest BCUT2D eigenvalue weighted by atomic mass is 9.92. The Morgan fingerprint density at radius 2 is 1.55 bits per heavy atom. The molecule has 2 fully saturated rings. The second-order valence-corrected chi connectivity index (χ2v) is 9.52. The van der Waals surface area contributed by atoms with Gasteiger partial charge in [0.2, 0.25) is 21.8 Å². The van der Waals surface area contributed by atoms with Crippen molar-refractivity contribution in [3.63, 3.8) is 0 Å². The van der Waals surface area contributed by atoms with Crippen molar-refractivity contribution in [2.45, 2.75) is 37.5 Å². The summed E-state index contributed by atoms with van der Waals surface area (Å²) in [5.74, 6) is 0.0684. The van der Waals surface area contributed by atoms with Crippen molar-refractivity contribution in [3.05, 3.63) is 24.3 Å². The fourth-order valence-corrected chi connectivity index (χ4v) is 5.48. The van der Waals surface area contributed by atoms with Crippen LogP contribution in [0.5, 0.6) is 5.75 Å². The summed E-state index contributed by atoms with van der Waals surface area (Å²) in [5, 5.41) is 0. The number of sulfonamides is 1. The molecule has 9 heteroatoms. The number of carbonyl (C=O) groups excluding carboxylic acids is 2. The van der Waals surface area contributed by atoms with Gasteiger partial charge in [0.15, 0.2) is 0 Å². The van der Waals surface area contributed by atoms with E-state index in [1.807, 2.05) is 6.92 Å². The van der Waals surface area contributed by atoms with Crippen LogP contribution < -0.4 is 10.5 Å². The van der Waals surface area contributed by atoms with Crippen LogP contribution >= 0.6 is 0 Å². The zero-order valence-electron chi connectivity index (χ0n) is 16.7. The van der Waals surface area contributed by atoms with E-state index in [2.05, 4.69) is 0 Å². The normalized spacial score (nSPS) is 19.8. The number of nitrogens with two attached hydrogens (primary N) is 1. The lowest BCUT2D eigenvalue weighted by Crippen LogP contribution is -2.47. The molecular weight excluding hydrogens is 394 g/mol. The topological polar surface area (TPSA) is 110 Å². The molecule has 0 unspecified atom stereocenters. The summed E-state index contributed by atoms with van der Waals surface area (Å²) in [6.45, 7) is 4.12. The van der Waals surface area contributed by atoms with Gasteiger partial charge >= 0.3 is 0 Å². The van der Waals surface area contributed by atoms with Crippen LogP contribution in [0.3, 0.4) is 0 Å². The summed E-state index contributed by atoms with van der Waals surface area (Å²) in [5.41, 5.74) is 5.35. The fraction of sp³-hybridized carbons (Fsp3) is 0.600. The van der Waals surface area contributed by atoms with E-state index >= 15 is 0 Å². The van der Waals surface area contributed by atoms with Crippen LogP contribution in [0.1, 0.15) is 32.6 Å². The van der Waals surface area contributed by atoms with Crippen LogP contribution in [0, 0.1) is 11.8 Å². The molecule has 160 valence electrons. The zero-order valence-corrected chi connectivity index (χ0v) is 17.6. The number of nitrogens with zero attached hydrogens (tertiary/aromatic N) is 2. The number of likely N-dealkylation sites (tertiary alicyclic amines) is 1. The highest BCUT2D eigenvalue weighted by atomic mass is 32.2. The molecule has 29 heavy (non-hydrogen) atoms. The summed E-state index contributed by atoms with van der Waals surface area (Å²) in [6, 6.07) is 6.42. The van der Waals surface area contributed by atoms with Crippen LogP contribution in [0.25, 0.3) is 0 Å². The highest BCUT2D eigenvalue weighted by molar-refractivity contribution is 7.89. The average molecular weight is 424 g/mol. The van der Waals surface area contributed by atoms with Gasteiger partial charge in [0.25, 0.3) is 0 Å². The van der Waals surface area contributed by atoms with Gasteiger partial charge in [-0.25, -0.2) is 8.42 Å². The van der Waals surface area contributed by atoms with Crippen LogP contribution in [0.15, 0.2) is 29.2 Å². The molecule has 0 bridgehead atoms. The van der Waals surface area contributed by atoms with Crippen molar-refractivity contribution >= 4 is 21.8 Å². The van der Waals surface area contributed by atoms with E-state index < -0.39 is 10.0 Å². The molecule has 8 nitrogen and oxygen atoms in total. The molecule has 1 aromatic carbocycles. The van der Waals surface area contributed by atoms with Gasteiger partial charge in [-0.05, 0) is 56.9 Å². The van der Waals surface area contributed by atoms with Crippen LogP contribution in [0.2, 0.25) is 0 Å². The van der Waals surface area contributed by atoms with E-state index in [1.165, 1.54) is 4.31 Å². The Morgan fingerprint density at radius 1 is 1.00 bits per heavy atom. The van der Waals surface area contributed by atoms with Gasteiger partial charge in [0, 0.05) is 38.0 Å². The first-order chi connectivity index (χ1) is 13.8. The number of hydrogen-bond donors (Lipinski definition) is 1. The van der Waals surface area contributed by atoms with Crippen molar-refractivity contribution < 1.29 is 22.7 Å². The maximum Gasteiger partial charge on any atom is 0.243 e. The molecule has 2 heterocycles. The van der Waals surface area contributed by atoms with Gasteiger partial charge in [0.1, 0.15) is 5.75 Å². The molecule has 2 saturated heterocycles. The summed E-state index contributed by atoms with van der Waals surface area (Å²) < 4.78 is 32.6. The smallest absolute Gasteiger partial charge is 0.243 e. The molecule has 0 aromatic heterocycles. The maximum absolute atomic E-state index is 12.9. The van der Waals surface area contributed by atoms with Gasteiger partial charge < -0.3 is 15.4 Å². The Kier molecular flexibility index (Phi) is 6.79. The maximum atomic E-state index is 12.9. The highest BCUT2D eigenvalue weighted by Crippen LogP contribution is 2.27. The molecule has 2 N–H and O–H groups in total. The van der Waals surface area contributed by atoms with Gasteiger partial charge in [-0.2, -0.15) is 4.31 Å². The third kappa shape index (κ3) is 4.90. The summed E-state index contributed by atoms with van der Waals surface area (Å²) in [4.78, 5) is 26.1. The zero-order chi connectivity index (χ0) is 21.0. The van der Waals surface area contributed by atoms with Gasteiger partial charge in [-0.15, -0.1) is 0 Å². The SMILES string of the molecule is CCOc1ccc(S(=O)(=O)N2CCC(C(=O)N3CCC(C(N)=O)CC3)CC2)cc1. The highest BCUT2D eigenvalue weighted by Gasteiger charge is 2.35. The molecule has 3 rings (SSSR count). The van der Waals surface area contributed by atoms with Gasteiger partial charge in [0.05, 0.1) is 11.5 Å². The number of piperidine rings is 2. The third-order valence-corrected chi connectivity index (χ3v) is 7.70. The molecular formula is C20H29N3O5S. The molecule has 0 saturated carbocycles. The minimum atomic E-state index is -3.58. The standard InChI is InChI=1S/C20H29N3O5S/c1-2-28-17-3-5-18(6-4-17)29(26,27)23-13-9-16(10-14-23)20(25)22-11-7-15(8-12-22)19(21)24/h3-6,15-16H,2,7-14H2,1H3,(H2,21,24). The number of carbonyl (C=O) groups is 2. The van der Waals surface area contributed by atoms with Crippen LogP contribution in [-0.4, -0.2) is 62.2 Å². The monoisotopic (exact) mass is 423 g/mol. The fourth-order valence-electron chi connectivity index (χ4n) is 4.01. The predicted octanol–water partition coefficient (Wildman–Crippen LogP) is 1.21. The molecule has 0 spiro atoms. The Morgan fingerprint density at radius 3 is 2.07 bits per heavy atom. The predicted molar refractivity (Wildman–Crippen MR) is 108 cm³/mol. The van der Waals surface area contributed by atoms with Crippen molar-refractivity contribution in [1.82, 2.24) is 9.21 Å². The molecule has 2 aliphatic heterocycles. The number of primary amides is 1. The van der Waals surface area contributed by atoms with E-state index in [0.717, 1.165) is 0 Å². The van der Waals surface area contributed by atoms with Gasteiger partial charge in [-0.3, -0.25) is 9.59 Å². The van der Waals surface area contributed by atoms with E-state index in [1.54, 1.807) is 29.2 Å². The Labute approximate surface area is 172 Å². The minimum absolute atomic E-state index is 0.0611. The summed E-state index contributed by atoms with van der Waals surface area (Å²) >= 11 is 0. The lowest BCUT2D eigenvalue weighted by molar-refractivity contribution is -0.139. The molecule has 2 amide bonds. The first-order valence-electron chi connectivity index (χ1n) is 10.1. The van der Waals surface area contributed by atoms with Gasteiger partial charge in [-0.1, -0.05) is 0 Å².